The van der Waals surface area contributed by atoms with Crippen molar-refractivity contribution < 1.29 is 14.3 Å². The normalized spacial score (nSPS) is 10.3. The van der Waals surface area contributed by atoms with Gasteiger partial charge in [0.05, 0.1) is 11.6 Å². The van der Waals surface area contributed by atoms with Crippen LogP contribution in [0.4, 0.5) is 0 Å². The molecule has 3 nitrogen and oxygen atoms in total. The number of hydrogen-bond acceptors (Lipinski definition) is 3. The van der Waals surface area contributed by atoms with Crippen molar-refractivity contribution in [2.45, 2.75) is 19.4 Å². The van der Waals surface area contributed by atoms with Crippen LogP contribution in [0.15, 0.2) is 53.0 Å². The molecule has 0 aliphatic heterocycles. The molecule has 2 aromatic rings. The molecule has 22 heavy (non-hydrogen) atoms. The molecule has 0 fully saturated rings. The van der Waals surface area contributed by atoms with E-state index in [9.17, 15) is 4.79 Å². The first-order valence-electron chi connectivity index (χ1n) is 6.92. The Morgan fingerprint density at radius 1 is 1.14 bits per heavy atom. The number of rotatable bonds is 7. The van der Waals surface area contributed by atoms with E-state index in [1.165, 1.54) is 0 Å². The molecule has 0 amide bonds. The van der Waals surface area contributed by atoms with Gasteiger partial charge >= 0.3 is 5.97 Å². The number of ether oxygens (including phenoxy) is 2. The molecule has 116 valence electrons. The van der Waals surface area contributed by atoms with Gasteiger partial charge in [0, 0.05) is 10.9 Å². The van der Waals surface area contributed by atoms with E-state index in [2.05, 4.69) is 15.9 Å². The van der Waals surface area contributed by atoms with Gasteiger partial charge in [-0.1, -0.05) is 57.9 Å². The van der Waals surface area contributed by atoms with Crippen LogP contribution in [0, 0.1) is 0 Å². The van der Waals surface area contributed by atoms with Crippen LogP contribution in [-0.2, 0) is 16.1 Å². The van der Waals surface area contributed by atoms with E-state index in [0.29, 0.717) is 36.8 Å². The molecular weight excluding hydrogens is 368 g/mol. The molecular formula is C17H16BrClO3. The van der Waals surface area contributed by atoms with Crippen LogP contribution in [0.1, 0.15) is 18.4 Å². The van der Waals surface area contributed by atoms with Crippen LogP contribution < -0.4 is 4.74 Å². The minimum Gasteiger partial charge on any atom is -0.492 e. The third kappa shape index (κ3) is 5.70. The van der Waals surface area contributed by atoms with Crippen molar-refractivity contribution in [3.63, 3.8) is 0 Å². The van der Waals surface area contributed by atoms with Crippen molar-refractivity contribution in [2.75, 3.05) is 6.61 Å². The maximum Gasteiger partial charge on any atom is 0.306 e. The standard InChI is InChI=1S/C17H16BrClO3/c18-14-8-9-16(15(19)11-14)21-10-4-7-17(20)22-12-13-5-2-1-3-6-13/h1-3,5-6,8-9,11H,4,7,10,12H2. The van der Waals surface area contributed by atoms with Crippen LogP contribution in [-0.4, -0.2) is 12.6 Å². The van der Waals surface area contributed by atoms with Crippen molar-refractivity contribution in [3.8, 4) is 5.75 Å². The molecule has 0 bridgehead atoms. The lowest BCUT2D eigenvalue weighted by atomic mass is 10.2. The van der Waals surface area contributed by atoms with Gasteiger partial charge in [-0.25, -0.2) is 0 Å². The van der Waals surface area contributed by atoms with Crippen molar-refractivity contribution in [2.24, 2.45) is 0 Å². The van der Waals surface area contributed by atoms with Gasteiger partial charge in [0.25, 0.3) is 0 Å². The Hall–Kier alpha value is -1.52. The average Bonchev–Trinajstić information content (AvgIpc) is 2.52. The highest BCUT2D eigenvalue weighted by molar-refractivity contribution is 9.10. The third-order valence-corrected chi connectivity index (χ3v) is 3.71. The fourth-order valence-electron chi connectivity index (χ4n) is 1.80. The van der Waals surface area contributed by atoms with Crippen LogP contribution in [0.5, 0.6) is 5.75 Å². The summed E-state index contributed by atoms with van der Waals surface area (Å²) in [5.41, 5.74) is 0.980. The number of halogens is 2. The second kappa shape index (κ2) is 8.81. The Labute approximate surface area is 143 Å². The summed E-state index contributed by atoms with van der Waals surface area (Å²) in [6.45, 7) is 0.723. The molecule has 0 N–H and O–H groups in total. The fourth-order valence-corrected chi connectivity index (χ4v) is 2.53. The first-order valence-corrected chi connectivity index (χ1v) is 8.09. The van der Waals surface area contributed by atoms with E-state index in [-0.39, 0.29) is 5.97 Å². The highest BCUT2D eigenvalue weighted by atomic mass is 79.9. The molecule has 0 saturated carbocycles. The highest BCUT2D eigenvalue weighted by Gasteiger charge is 2.05. The second-order valence-corrected chi connectivity index (χ2v) is 6.00. The molecule has 0 radical (unpaired) electrons. The maximum atomic E-state index is 11.6. The van der Waals surface area contributed by atoms with Gasteiger partial charge in [-0.05, 0) is 30.2 Å². The zero-order valence-corrected chi connectivity index (χ0v) is 14.3. The predicted octanol–water partition coefficient (Wildman–Crippen LogP) is 5.00. The maximum absolute atomic E-state index is 11.6. The Morgan fingerprint density at radius 2 is 1.91 bits per heavy atom. The van der Waals surface area contributed by atoms with Crippen LogP contribution in [0.2, 0.25) is 5.02 Å². The summed E-state index contributed by atoms with van der Waals surface area (Å²) in [7, 11) is 0. The van der Waals surface area contributed by atoms with Crippen LogP contribution in [0.3, 0.4) is 0 Å². The Kier molecular flexibility index (Phi) is 6.74. The lowest BCUT2D eigenvalue weighted by Gasteiger charge is -2.08. The van der Waals surface area contributed by atoms with E-state index in [4.69, 9.17) is 21.1 Å². The predicted molar refractivity (Wildman–Crippen MR) is 90.1 cm³/mol. The van der Waals surface area contributed by atoms with Crippen LogP contribution in [0.25, 0.3) is 0 Å². The molecule has 0 aliphatic carbocycles. The highest BCUT2D eigenvalue weighted by Crippen LogP contribution is 2.27. The molecule has 2 rings (SSSR count). The molecule has 0 atom stereocenters. The van der Waals surface area contributed by atoms with Crippen molar-refractivity contribution in [3.05, 3.63) is 63.6 Å². The average molecular weight is 384 g/mol. The summed E-state index contributed by atoms with van der Waals surface area (Å²) >= 11 is 9.37. The zero-order valence-electron chi connectivity index (χ0n) is 11.9. The minimum absolute atomic E-state index is 0.227. The number of esters is 1. The molecule has 5 heteroatoms. The summed E-state index contributed by atoms with van der Waals surface area (Å²) in [6.07, 6.45) is 0.904. The zero-order chi connectivity index (χ0) is 15.8. The van der Waals surface area contributed by atoms with Crippen molar-refractivity contribution >= 4 is 33.5 Å². The summed E-state index contributed by atoms with van der Waals surface area (Å²) in [4.78, 5) is 11.6. The fraction of sp³-hybridized carbons (Fsp3) is 0.235. The summed E-state index contributed by atoms with van der Waals surface area (Å²) in [6, 6.07) is 15.0. The quantitative estimate of drug-likeness (QED) is 0.498. The van der Waals surface area contributed by atoms with Gasteiger partial charge in [0.2, 0.25) is 0 Å². The summed E-state index contributed by atoms with van der Waals surface area (Å²) in [5, 5.41) is 0.543. The topological polar surface area (TPSA) is 35.5 Å². The number of carbonyl (C=O) groups is 1. The Balaban J connectivity index is 1.65. The number of benzene rings is 2. The Morgan fingerprint density at radius 3 is 2.64 bits per heavy atom. The third-order valence-electron chi connectivity index (χ3n) is 2.92. The second-order valence-electron chi connectivity index (χ2n) is 4.67. The Bertz CT molecular complexity index is 617. The van der Waals surface area contributed by atoms with E-state index >= 15 is 0 Å². The van der Waals surface area contributed by atoms with Crippen molar-refractivity contribution in [1.29, 1.82) is 0 Å². The van der Waals surface area contributed by atoms with E-state index in [1.807, 2.05) is 36.4 Å². The summed E-state index contributed by atoms with van der Waals surface area (Å²) in [5.74, 6) is 0.386. The molecule has 0 aliphatic rings. The van der Waals surface area contributed by atoms with Gasteiger partial charge in [0.15, 0.2) is 0 Å². The minimum atomic E-state index is -0.227. The van der Waals surface area contributed by atoms with E-state index in [1.54, 1.807) is 12.1 Å². The van der Waals surface area contributed by atoms with Crippen LogP contribution >= 0.6 is 27.5 Å². The molecule has 0 spiro atoms. The lowest BCUT2D eigenvalue weighted by molar-refractivity contribution is -0.145. The first kappa shape index (κ1) is 16.8. The molecule has 0 heterocycles. The van der Waals surface area contributed by atoms with Gasteiger partial charge in [0.1, 0.15) is 12.4 Å². The monoisotopic (exact) mass is 382 g/mol. The smallest absolute Gasteiger partial charge is 0.306 e. The SMILES string of the molecule is O=C(CCCOc1ccc(Br)cc1Cl)OCc1ccccc1. The van der Waals surface area contributed by atoms with Gasteiger partial charge < -0.3 is 9.47 Å². The molecule has 0 unspecified atom stereocenters. The number of hydrogen-bond donors (Lipinski definition) is 0. The molecule has 2 aromatic carbocycles. The lowest BCUT2D eigenvalue weighted by Crippen LogP contribution is -2.07. The van der Waals surface area contributed by atoms with Crippen molar-refractivity contribution in [1.82, 2.24) is 0 Å². The number of carbonyl (C=O) groups excluding carboxylic acids is 1. The molecule has 0 aromatic heterocycles. The van der Waals surface area contributed by atoms with E-state index in [0.717, 1.165) is 10.0 Å². The largest absolute Gasteiger partial charge is 0.492 e. The van der Waals surface area contributed by atoms with Gasteiger partial charge in [-0.3, -0.25) is 4.79 Å². The van der Waals surface area contributed by atoms with Gasteiger partial charge in [-0.15, -0.1) is 0 Å². The molecule has 0 saturated heterocycles. The van der Waals surface area contributed by atoms with Gasteiger partial charge in [-0.2, -0.15) is 0 Å². The summed E-state index contributed by atoms with van der Waals surface area (Å²) < 4.78 is 11.6. The van der Waals surface area contributed by atoms with E-state index < -0.39 is 0 Å². The first-order chi connectivity index (χ1) is 10.6.